The van der Waals surface area contributed by atoms with Crippen LogP contribution in [0.2, 0.25) is 0 Å². The Morgan fingerprint density at radius 1 is 1.09 bits per heavy atom. The quantitative estimate of drug-likeness (QED) is 0.581. The molecule has 3 aromatic rings. The van der Waals surface area contributed by atoms with Crippen molar-refractivity contribution < 1.29 is 30.4 Å². The molecule has 2 heterocycles. The molecule has 9 nitrogen and oxygen atoms in total. The number of urea groups is 1. The Balaban J connectivity index is 1.86. The van der Waals surface area contributed by atoms with Crippen molar-refractivity contribution in [3.05, 3.63) is 59.3 Å². The van der Waals surface area contributed by atoms with Crippen LogP contribution in [0.5, 0.6) is 0 Å². The van der Waals surface area contributed by atoms with Crippen molar-refractivity contribution in [2.45, 2.75) is 22.9 Å². The Morgan fingerprint density at radius 3 is 2.34 bits per heavy atom. The van der Waals surface area contributed by atoms with Crippen LogP contribution >= 0.6 is 0 Å². The van der Waals surface area contributed by atoms with E-state index in [4.69, 9.17) is 5.14 Å². The van der Waals surface area contributed by atoms with Crippen molar-refractivity contribution in [2.24, 2.45) is 5.14 Å². The first-order valence-corrected chi connectivity index (χ1v) is 12.5. The van der Waals surface area contributed by atoms with E-state index in [1.807, 2.05) is 0 Å². The number of sulfone groups is 1. The fourth-order valence-corrected chi connectivity index (χ4v) is 4.63. The summed E-state index contributed by atoms with van der Waals surface area (Å²) in [5, 5.41) is 7.92. The molecule has 0 aliphatic carbocycles. The zero-order chi connectivity index (χ0) is 23.4. The van der Waals surface area contributed by atoms with Gasteiger partial charge in [-0.2, -0.15) is 0 Å². The summed E-state index contributed by atoms with van der Waals surface area (Å²) in [5.41, 5.74) is 0.592. The summed E-state index contributed by atoms with van der Waals surface area (Å²) in [6, 6.07) is 4.69. The molecule has 1 aliphatic heterocycles. The van der Waals surface area contributed by atoms with Crippen LogP contribution in [0.15, 0.2) is 46.3 Å². The third kappa shape index (κ3) is 3.89. The first-order valence-electron chi connectivity index (χ1n) is 9.04. The first kappa shape index (κ1) is 22.0. The number of fused-ring (bicyclic) bond motifs is 3. The molecule has 32 heavy (non-hydrogen) atoms. The van der Waals surface area contributed by atoms with E-state index in [0.29, 0.717) is 28.8 Å². The lowest BCUT2D eigenvalue weighted by atomic mass is 10.1. The Kier molecular flexibility index (Phi) is 5.14. The van der Waals surface area contributed by atoms with Crippen LogP contribution in [-0.4, -0.2) is 34.1 Å². The number of pyridine rings is 1. The smallest absolute Gasteiger partial charge is 0.322 e. The third-order valence-electron chi connectivity index (χ3n) is 5.02. The van der Waals surface area contributed by atoms with Crippen molar-refractivity contribution in [2.75, 3.05) is 11.2 Å². The summed E-state index contributed by atoms with van der Waals surface area (Å²) < 4.78 is 75.8. The molecule has 2 aromatic carbocycles. The van der Waals surface area contributed by atoms with Gasteiger partial charge in [-0.15, -0.1) is 0 Å². The average molecular weight is 482 g/mol. The number of carbonyl (C=O) groups excluding carboxylic acids is 1. The van der Waals surface area contributed by atoms with Crippen LogP contribution in [0.1, 0.15) is 11.1 Å². The van der Waals surface area contributed by atoms with Gasteiger partial charge in [-0.1, -0.05) is 0 Å². The van der Waals surface area contributed by atoms with Gasteiger partial charge >= 0.3 is 6.03 Å². The minimum Gasteiger partial charge on any atom is -0.333 e. The average Bonchev–Trinajstić information content (AvgIpc) is 2.69. The molecule has 0 atom stereocenters. The van der Waals surface area contributed by atoms with E-state index in [-0.39, 0.29) is 17.0 Å². The van der Waals surface area contributed by atoms with Gasteiger partial charge in [0.1, 0.15) is 11.6 Å². The predicted molar refractivity (Wildman–Crippen MR) is 111 cm³/mol. The lowest BCUT2D eigenvalue weighted by molar-refractivity contribution is 0.244. The van der Waals surface area contributed by atoms with Crippen molar-refractivity contribution in [3.8, 4) is 0 Å². The lowest BCUT2D eigenvalue weighted by Gasteiger charge is -2.31. The summed E-state index contributed by atoms with van der Waals surface area (Å²) in [6.45, 7) is -0.453. The van der Waals surface area contributed by atoms with Gasteiger partial charge in [-0.05, 0) is 30.3 Å². The predicted octanol–water partition coefficient (Wildman–Crippen LogP) is 1.79. The highest BCUT2D eigenvalue weighted by Crippen LogP contribution is 2.35. The largest absolute Gasteiger partial charge is 0.333 e. The van der Waals surface area contributed by atoms with Gasteiger partial charge in [0, 0.05) is 35.5 Å². The first-order chi connectivity index (χ1) is 14.9. The molecule has 13 heteroatoms. The van der Waals surface area contributed by atoms with E-state index in [9.17, 15) is 30.4 Å². The minimum atomic E-state index is -4.33. The molecule has 0 bridgehead atoms. The van der Waals surface area contributed by atoms with E-state index in [1.165, 1.54) is 24.4 Å². The lowest BCUT2D eigenvalue weighted by Crippen LogP contribution is -2.44. The van der Waals surface area contributed by atoms with Gasteiger partial charge in [0.15, 0.2) is 9.84 Å². The zero-order valence-corrected chi connectivity index (χ0v) is 18.1. The molecule has 1 aromatic heterocycles. The van der Waals surface area contributed by atoms with E-state index in [2.05, 4.69) is 10.3 Å². The second-order valence-electron chi connectivity index (χ2n) is 7.24. The number of sulfonamides is 1. The third-order valence-corrected chi connectivity index (χ3v) is 7.02. The van der Waals surface area contributed by atoms with Crippen molar-refractivity contribution in [1.29, 1.82) is 0 Å². The van der Waals surface area contributed by atoms with Crippen molar-refractivity contribution in [3.63, 3.8) is 0 Å². The number of carbonyl (C=O) groups is 1. The molecular formula is C19H16F2N4O5S2. The molecule has 0 radical (unpaired) electrons. The van der Waals surface area contributed by atoms with Crippen LogP contribution < -0.4 is 15.4 Å². The Labute approximate surface area is 181 Å². The van der Waals surface area contributed by atoms with Gasteiger partial charge in [-0.25, -0.2) is 35.5 Å². The molecule has 0 fully saturated rings. The summed E-state index contributed by atoms with van der Waals surface area (Å²) in [7, 11) is -7.84. The molecule has 4 rings (SSSR count). The number of hydrogen-bond acceptors (Lipinski definition) is 6. The van der Waals surface area contributed by atoms with Crippen LogP contribution in [0.3, 0.4) is 0 Å². The molecule has 168 valence electrons. The molecule has 2 amide bonds. The normalized spacial score (nSPS) is 14.4. The number of hydrogen-bond donors (Lipinski definition) is 2. The maximum Gasteiger partial charge on any atom is 0.322 e. The Bertz CT molecular complexity index is 1480. The molecule has 0 spiro atoms. The van der Waals surface area contributed by atoms with Crippen LogP contribution in [0.4, 0.5) is 19.3 Å². The second-order valence-corrected chi connectivity index (χ2v) is 10.8. The number of primary sulfonamides is 1. The Hall–Kier alpha value is -3.16. The molecule has 0 saturated carbocycles. The van der Waals surface area contributed by atoms with Crippen molar-refractivity contribution in [1.82, 2.24) is 10.3 Å². The number of nitrogens with one attached hydrogen (secondary N) is 1. The van der Waals surface area contributed by atoms with Gasteiger partial charge in [0.25, 0.3) is 0 Å². The number of nitrogens with two attached hydrogens (primary N) is 1. The highest BCUT2D eigenvalue weighted by molar-refractivity contribution is 7.90. The molecule has 1 aliphatic rings. The zero-order valence-electron chi connectivity index (χ0n) is 16.5. The van der Waals surface area contributed by atoms with E-state index >= 15 is 0 Å². The highest BCUT2D eigenvalue weighted by Gasteiger charge is 2.29. The fraction of sp³-hybridized carbons (Fsp3) is 0.158. The van der Waals surface area contributed by atoms with Crippen LogP contribution in [-0.2, 0) is 33.0 Å². The number of rotatable bonds is 4. The second kappa shape index (κ2) is 7.46. The van der Waals surface area contributed by atoms with Crippen molar-refractivity contribution >= 4 is 42.5 Å². The van der Waals surface area contributed by atoms with Gasteiger partial charge < -0.3 is 5.32 Å². The van der Waals surface area contributed by atoms with Gasteiger partial charge in [0.05, 0.1) is 27.5 Å². The molecule has 3 N–H and O–H groups in total. The van der Waals surface area contributed by atoms with E-state index in [1.54, 1.807) is 0 Å². The van der Waals surface area contributed by atoms with Crippen LogP contribution in [0.25, 0.3) is 10.9 Å². The van der Waals surface area contributed by atoms with Gasteiger partial charge in [-0.3, -0.25) is 9.88 Å². The molecule has 0 saturated heterocycles. The number of aromatic nitrogens is 1. The number of benzene rings is 2. The van der Waals surface area contributed by atoms with Gasteiger partial charge in [0.2, 0.25) is 10.0 Å². The standard InChI is InChI=1S/C19H16F2N4O5S2/c1-31(27,28)11-2-3-13-17(6-11)23-7-10-8-24-19(26)25(18(10)13)9-14-15(20)4-12(5-16(14)21)32(22,29)30/h2-7H,8-9H2,1H3,(H,24,26)(H2,22,29,30). The monoisotopic (exact) mass is 482 g/mol. The van der Waals surface area contributed by atoms with Crippen LogP contribution in [0, 0.1) is 11.6 Å². The number of nitrogens with zero attached hydrogens (tertiary/aromatic N) is 2. The number of anilines is 1. The number of halogens is 2. The maximum atomic E-state index is 14.6. The minimum absolute atomic E-state index is 0.0277. The number of amides is 2. The SMILES string of the molecule is CS(=O)(=O)c1ccc2c3c(cnc2c1)CNC(=O)N3Cc1c(F)cc(S(N)(=O)=O)cc1F. The summed E-state index contributed by atoms with van der Waals surface area (Å²) in [5.74, 6) is -2.38. The Morgan fingerprint density at radius 2 is 1.75 bits per heavy atom. The summed E-state index contributed by atoms with van der Waals surface area (Å²) in [4.78, 5) is 17.2. The summed E-state index contributed by atoms with van der Waals surface area (Å²) in [6.07, 6.45) is 2.48. The fourth-order valence-electron chi connectivity index (χ4n) is 3.45. The summed E-state index contributed by atoms with van der Waals surface area (Å²) >= 11 is 0. The molecular weight excluding hydrogens is 466 g/mol. The topological polar surface area (TPSA) is 140 Å². The highest BCUT2D eigenvalue weighted by atomic mass is 32.2. The van der Waals surface area contributed by atoms with E-state index in [0.717, 1.165) is 11.2 Å². The molecule has 0 unspecified atom stereocenters. The maximum absolute atomic E-state index is 14.6. The van der Waals surface area contributed by atoms with E-state index < -0.39 is 54.5 Å².